The molecule has 2 heterocycles. The topological polar surface area (TPSA) is 70.6 Å². The van der Waals surface area contributed by atoms with Gasteiger partial charge in [0.25, 0.3) is 10.0 Å². The van der Waals surface area contributed by atoms with Crippen molar-refractivity contribution in [3.05, 3.63) is 53.2 Å². The third kappa shape index (κ3) is 2.87. The largest absolute Gasteiger partial charge is 0.339 e. The Morgan fingerprint density at radius 1 is 0.958 bits per heavy atom. The summed E-state index contributed by atoms with van der Waals surface area (Å²) in [4.78, 5) is 18.5. The maximum atomic E-state index is 12.7. The number of amides is 2. The number of nitrogens with zero attached hydrogens (tertiary/aromatic N) is 3. The predicted octanol–water partition coefficient (Wildman–Crippen LogP) is 2.64. The molecule has 0 atom stereocenters. The van der Waals surface area contributed by atoms with Crippen molar-refractivity contribution < 1.29 is 13.2 Å². The number of anilines is 1. The van der Waals surface area contributed by atoms with Crippen LogP contribution in [-0.4, -0.2) is 36.8 Å². The van der Waals surface area contributed by atoms with Crippen LogP contribution in [0.15, 0.2) is 41.3 Å². The average Bonchev–Trinajstić information content (AvgIpc) is 2.89. The van der Waals surface area contributed by atoms with Gasteiger partial charge in [-0.1, -0.05) is 17.7 Å². The van der Waals surface area contributed by atoms with Crippen molar-refractivity contribution in [1.29, 1.82) is 0 Å². The summed E-state index contributed by atoms with van der Waals surface area (Å²) >= 11 is 0. The van der Waals surface area contributed by atoms with E-state index in [2.05, 4.69) is 4.98 Å². The number of pyridine rings is 1. The lowest BCUT2D eigenvalue weighted by molar-refractivity contribution is 0.239. The van der Waals surface area contributed by atoms with Crippen molar-refractivity contribution in [3.63, 3.8) is 0 Å². The number of aryl methyl sites for hydroxylation is 3. The average molecular weight is 345 g/mol. The van der Waals surface area contributed by atoms with E-state index in [1.54, 1.807) is 18.2 Å². The molecule has 0 radical (unpaired) electrons. The predicted molar refractivity (Wildman–Crippen MR) is 91.5 cm³/mol. The highest BCUT2D eigenvalue weighted by Crippen LogP contribution is 2.25. The first-order valence-corrected chi connectivity index (χ1v) is 9.09. The van der Waals surface area contributed by atoms with Gasteiger partial charge < -0.3 is 0 Å². The minimum absolute atomic E-state index is 0.115. The monoisotopic (exact) mass is 345 g/mol. The van der Waals surface area contributed by atoms with Crippen LogP contribution in [0.4, 0.5) is 10.6 Å². The molecule has 0 unspecified atom stereocenters. The lowest BCUT2D eigenvalue weighted by atomic mass is 10.2. The highest BCUT2D eigenvalue weighted by atomic mass is 32.2. The molecule has 1 aliphatic rings. The summed E-state index contributed by atoms with van der Waals surface area (Å²) in [7, 11) is -3.85. The number of rotatable bonds is 3. The fourth-order valence-corrected chi connectivity index (χ4v) is 4.11. The van der Waals surface area contributed by atoms with E-state index in [9.17, 15) is 13.2 Å². The van der Waals surface area contributed by atoms with Crippen LogP contribution >= 0.6 is 0 Å². The van der Waals surface area contributed by atoms with E-state index in [-0.39, 0.29) is 11.4 Å². The number of hydrogen-bond acceptors (Lipinski definition) is 4. The molecule has 2 amide bonds. The van der Waals surface area contributed by atoms with E-state index < -0.39 is 16.1 Å². The molecule has 0 bridgehead atoms. The summed E-state index contributed by atoms with van der Waals surface area (Å²) in [6, 6.07) is 9.62. The molecule has 1 saturated heterocycles. The molecular weight excluding hydrogens is 326 g/mol. The summed E-state index contributed by atoms with van der Waals surface area (Å²) in [5.41, 5.74) is 2.73. The second-order valence-electron chi connectivity index (χ2n) is 5.97. The summed E-state index contributed by atoms with van der Waals surface area (Å²) in [5, 5.41) is 0. The zero-order valence-electron chi connectivity index (χ0n) is 13.9. The minimum atomic E-state index is -3.85. The van der Waals surface area contributed by atoms with Crippen molar-refractivity contribution in [2.45, 2.75) is 25.7 Å². The number of carbonyl (C=O) groups is 1. The van der Waals surface area contributed by atoms with Gasteiger partial charge in [0.1, 0.15) is 5.82 Å². The van der Waals surface area contributed by atoms with Gasteiger partial charge in [0.15, 0.2) is 0 Å². The first-order valence-electron chi connectivity index (χ1n) is 7.65. The molecule has 7 heteroatoms. The number of hydrogen-bond donors (Lipinski definition) is 0. The number of urea groups is 1. The SMILES string of the molecule is Cc1ccc(S(=O)(=O)N2CCN(c3cc(C)cc(C)n3)C2=O)cc1. The van der Waals surface area contributed by atoms with Gasteiger partial charge in [-0.3, -0.25) is 4.90 Å². The third-order valence-corrected chi connectivity index (χ3v) is 5.73. The Labute approximate surface area is 141 Å². The first kappa shape index (κ1) is 16.4. The summed E-state index contributed by atoms with van der Waals surface area (Å²) in [5.74, 6) is 0.485. The van der Waals surface area contributed by atoms with Crippen LogP contribution in [0.1, 0.15) is 16.8 Å². The van der Waals surface area contributed by atoms with Crippen LogP contribution in [0.2, 0.25) is 0 Å². The molecule has 1 aliphatic heterocycles. The Balaban J connectivity index is 1.92. The van der Waals surface area contributed by atoms with Crippen LogP contribution in [0.3, 0.4) is 0 Å². The quantitative estimate of drug-likeness (QED) is 0.857. The van der Waals surface area contributed by atoms with Crippen LogP contribution in [0.25, 0.3) is 0 Å². The number of carbonyl (C=O) groups excluding carboxylic acids is 1. The van der Waals surface area contributed by atoms with E-state index in [0.717, 1.165) is 21.1 Å². The summed E-state index contributed by atoms with van der Waals surface area (Å²) in [6.07, 6.45) is 0. The van der Waals surface area contributed by atoms with E-state index in [4.69, 9.17) is 0 Å². The molecule has 0 spiro atoms. The van der Waals surface area contributed by atoms with Gasteiger partial charge in [0.2, 0.25) is 0 Å². The van der Waals surface area contributed by atoms with E-state index in [1.165, 1.54) is 17.0 Å². The summed E-state index contributed by atoms with van der Waals surface area (Å²) in [6.45, 7) is 6.05. The molecule has 0 saturated carbocycles. The fourth-order valence-electron chi connectivity index (χ4n) is 2.75. The van der Waals surface area contributed by atoms with E-state index >= 15 is 0 Å². The lowest BCUT2D eigenvalue weighted by Gasteiger charge is -2.19. The van der Waals surface area contributed by atoms with Gasteiger partial charge in [-0.25, -0.2) is 22.5 Å². The smallest absolute Gasteiger partial charge is 0.276 e. The Morgan fingerprint density at radius 3 is 2.25 bits per heavy atom. The molecule has 126 valence electrons. The Hall–Kier alpha value is -2.41. The minimum Gasteiger partial charge on any atom is -0.276 e. The van der Waals surface area contributed by atoms with Crippen LogP contribution in [0, 0.1) is 20.8 Å². The van der Waals surface area contributed by atoms with E-state index in [1.807, 2.05) is 26.8 Å². The normalized spacial score (nSPS) is 15.2. The zero-order chi connectivity index (χ0) is 17.5. The van der Waals surface area contributed by atoms with Crippen LogP contribution < -0.4 is 4.90 Å². The summed E-state index contributed by atoms with van der Waals surface area (Å²) < 4.78 is 26.4. The second-order valence-corrected chi connectivity index (χ2v) is 7.83. The molecule has 0 aliphatic carbocycles. The van der Waals surface area contributed by atoms with Crippen LogP contribution in [0.5, 0.6) is 0 Å². The van der Waals surface area contributed by atoms with Crippen LogP contribution in [-0.2, 0) is 10.0 Å². The third-order valence-electron chi connectivity index (χ3n) is 3.94. The van der Waals surface area contributed by atoms with E-state index in [0.29, 0.717) is 12.4 Å². The zero-order valence-corrected chi connectivity index (χ0v) is 14.7. The molecule has 1 aromatic heterocycles. The molecule has 1 aromatic carbocycles. The van der Waals surface area contributed by atoms with Crippen molar-refractivity contribution in [3.8, 4) is 0 Å². The molecular formula is C17H19N3O3S. The van der Waals surface area contributed by atoms with Gasteiger partial charge in [0.05, 0.1) is 11.4 Å². The lowest BCUT2D eigenvalue weighted by Crippen LogP contribution is -2.36. The molecule has 1 fully saturated rings. The second kappa shape index (κ2) is 5.90. The standard InChI is InChI=1S/C17H19N3O3S/c1-12-4-6-15(7-5-12)24(22,23)20-9-8-19(17(20)21)16-11-13(2)10-14(3)18-16/h4-7,10-11H,8-9H2,1-3H3. The maximum absolute atomic E-state index is 12.7. The molecule has 3 rings (SSSR count). The van der Waals surface area contributed by atoms with Crippen molar-refractivity contribution in [2.24, 2.45) is 0 Å². The highest BCUT2D eigenvalue weighted by Gasteiger charge is 2.39. The Kier molecular flexibility index (Phi) is 4.04. The highest BCUT2D eigenvalue weighted by molar-refractivity contribution is 7.89. The van der Waals surface area contributed by atoms with Gasteiger partial charge >= 0.3 is 6.03 Å². The molecule has 24 heavy (non-hydrogen) atoms. The van der Waals surface area contributed by atoms with Gasteiger partial charge in [-0.05, 0) is 50.6 Å². The molecule has 2 aromatic rings. The van der Waals surface area contributed by atoms with Gasteiger partial charge in [-0.2, -0.15) is 0 Å². The van der Waals surface area contributed by atoms with Crippen molar-refractivity contribution in [2.75, 3.05) is 18.0 Å². The Bertz CT molecular complexity index is 872. The number of benzene rings is 1. The van der Waals surface area contributed by atoms with Gasteiger partial charge in [0, 0.05) is 12.2 Å². The maximum Gasteiger partial charge on any atom is 0.339 e. The first-order chi connectivity index (χ1) is 11.3. The number of sulfonamides is 1. The molecule has 6 nitrogen and oxygen atoms in total. The molecule has 0 N–H and O–H groups in total. The van der Waals surface area contributed by atoms with Gasteiger partial charge in [-0.15, -0.1) is 0 Å². The van der Waals surface area contributed by atoms with Crippen molar-refractivity contribution in [1.82, 2.24) is 9.29 Å². The van der Waals surface area contributed by atoms with Crippen molar-refractivity contribution >= 4 is 21.9 Å². The number of aromatic nitrogens is 1. The fraction of sp³-hybridized carbons (Fsp3) is 0.294. The Morgan fingerprint density at radius 2 is 1.62 bits per heavy atom.